The zero-order valence-electron chi connectivity index (χ0n) is 14.5. The van der Waals surface area contributed by atoms with Crippen LogP contribution in [0.5, 0.6) is 0 Å². The smallest absolute Gasteiger partial charge is 0.100 e. The Labute approximate surface area is 140 Å². The summed E-state index contributed by atoms with van der Waals surface area (Å²) < 4.78 is 5.22. The van der Waals surface area contributed by atoms with Crippen molar-refractivity contribution in [2.45, 2.75) is 52.2 Å². The number of benzene rings is 1. The zero-order valence-corrected chi connectivity index (χ0v) is 14.5. The zero-order chi connectivity index (χ0) is 17.8. The Kier molecular flexibility index (Phi) is 22.2. The molecule has 0 unspecified atom stereocenters. The molecule has 3 N–H and O–H groups in total. The maximum absolute atomic E-state index is 9.80. The molecule has 23 heavy (non-hydrogen) atoms. The van der Waals surface area contributed by atoms with Gasteiger partial charge in [0.1, 0.15) is 6.10 Å². The Balaban J connectivity index is 0. The van der Waals surface area contributed by atoms with Gasteiger partial charge >= 0.3 is 0 Å². The highest BCUT2D eigenvalue weighted by Crippen LogP contribution is 1.99. The average molecular weight is 329 g/mol. The first-order valence-electron chi connectivity index (χ1n) is 8.25. The van der Waals surface area contributed by atoms with Crippen LogP contribution in [0.2, 0.25) is 0 Å². The minimum Gasteiger partial charge on any atom is -0.394 e. The van der Waals surface area contributed by atoms with Gasteiger partial charge in [-0.3, -0.25) is 0 Å². The summed E-state index contributed by atoms with van der Waals surface area (Å²) in [5.41, 5.74) is 1.24. The first kappa shape index (κ1) is 24.3. The predicted octanol–water partition coefficient (Wildman–Crippen LogP) is 2.55. The molecule has 5 heteroatoms. The lowest BCUT2D eigenvalue weighted by Gasteiger charge is -1.98. The quantitative estimate of drug-likeness (QED) is 0.607. The molecule has 1 aromatic carbocycles. The summed E-state index contributed by atoms with van der Waals surface area (Å²) in [6.45, 7) is 5.05. The van der Waals surface area contributed by atoms with Crippen molar-refractivity contribution in [1.82, 2.24) is 0 Å². The lowest BCUT2D eigenvalue weighted by Crippen LogP contribution is -2.15. The van der Waals surface area contributed by atoms with E-state index in [2.05, 4.69) is 19.1 Å². The first-order valence-corrected chi connectivity index (χ1v) is 8.25. The summed E-state index contributed by atoms with van der Waals surface area (Å²) in [5.74, 6) is 0. The van der Waals surface area contributed by atoms with Gasteiger partial charge in [0, 0.05) is 6.61 Å². The summed E-state index contributed by atoms with van der Waals surface area (Å²) >= 11 is 0. The third-order valence-electron chi connectivity index (χ3n) is 2.74. The van der Waals surface area contributed by atoms with Crippen LogP contribution in [0.4, 0.5) is 0 Å². The van der Waals surface area contributed by atoms with Gasteiger partial charge in [0.05, 0.1) is 26.4 Å². The maximum atomic E-state index is 9.80. The van der Waals surface area contributed by atoms with Crippen molar-refractivity contribution in [3.05, 3.63) is 35.9 Å². The molecule has 0 saturated heterocycles. The monoisotopic (exact) mass is 329 g/mol. The van der Waals surface area contributed by atoms with Crippen molar-refractivity contribution in [3.63, 3.8) is 0 Å². The van der Waals surface area contributed by atoms with E-state index >= 15 is 0 Å². The molecule has 0 fully saturated rings. The van der Waals surface area contributed by atoms with E-state index < -0.39 is 6.10 Å². The number of rotatable bonds is 9. The lowest BCUT2D eigenvalue weighted by molar-refractivity contribution is 0.0450. The number of hydrogen-bond acceptors (Lipinski definition) is 4. The van der Waals surface area contributed by atoms with E-state index in [9.17, 15) is 5.11 Å². The van der Waals surface area contributed by atoms with E-state index in [0.29, 0.717) is 0 Å². The molecule has 0 spiro atoms. The fourth-order valence-corrected chi connectivity index (χ4v) is 1.38. The second kappa shape index (κ2) is 21.0. The highest BCUT2D eigenvalue weighted by Gasteiger charge is 1.93. The van der Waals surface area contributed by atoms with Gasteiger partial charge in [-0.05, 0) is 18.9 Å². The molecule has 0 saturated carbocycles. The fourth-order valence-electron chi connectivity index (χ4n) is 1.38. The predicted molar refractivity (Wildman–Crippen MR) is 91.6 cm³/mol. The molecular weight excluding hydrogens is 296 g/mol. The van der Waals surface area contributed by atoms with Crippen LogP contribution in [0.15, 0.2) is 30.3 Å². The number of aliphatic hydroxyl groups excluding tert-OH is 3. The number of unbranched alkanes of at least 4 members (excludes halogenated alkanes) is 3. The molecule has 1 radical (unpaired) electrons. The van der Waals surface area contributed by atoms with Crippen molar-refractivity contribution in [3.8, 4) is 0 Å². The highest BCUT2D eigenvalue weighted by atomic mass is 16.5. The highest BCUT2D eigenvalue weighted by molar-refractivity contribution is 5.13. The third kappa shape index (κ3) is 21.0. The van der Waals surface area contributed by atoms with Crippen LogP contribution in [0.25, 0.3) is 0 Å². The Morgan fingerprint density at radius 1 is 1.00 bits per heavy atom. The van der Waals surface area contributed by atoms with Crippen molar-refractivity contribution in [1.29, 1.82) is 0 Å². The van der Waals surface area contributed by atoms with Gasteiger partial charge < -0.3 is 20.1 Å². The molecule has 0 aliphatic rings. The second-order valence-electron chi connectivity index (χ2n) is 4.91. The summed E-state index contributed by atoms with van der Waals surface area (Å²) in [7, 11) is 0. The molecule has 1 rings (SSSR count). The Morgan fingerprint density at radius 2 is 1.61 bits per heavy atom. The van der Waals surface area contributed by atoms with Crippen LogP contribution in [0.1, 0.15) is 45.1 Å². The van der Waals surface area contributed by atoms with E-state index in [1.54, 1.807) is 0 Å². The second-order valence-corrected chi connectivity index (χ2v) is 4.91. The molecule has 0 amide bonds. The van der Waals surface area contributed by atoms with Crippen molar-refractivity contribution < 1.29 is 25.2 Å². The molecule has 0 bridgehead atoms. The molecule has 0 atom stereocenters. The summed E-state index contributed by atoms with van der Waals surface area (Å²) in [6, 6.07) is 10.2. The van der Waals surface area contributed by atoms with Crippen molar-refractivity contribution in [2.75, 3.05) is 26.4 Å². The third-order valence-corrected chi connectivity index (χ3v) is 2.74. The van der Waals surface area contributed by atoms with E-state index in [0.717, 1.165) is 26.1 Å². The Morgan fingerprint density at radius 3 is 2.00 bits per heavy atom. The molecule has 5 nitrogen and oxygen atoms in total. The molecule has 1 aromatic rings. The number of aliphatic hydroxyl groups is 3. The van der Waals surface area contributed by atoms with E-state index in [4.69, 9.17) is 20.1 Å². The van der Waals surface area contributed by atoms with Gasteiger partial charge in [-0.1, -0.05) is 56.5 Å². The molecule has 135 valence electrons. The van der Waals surface area contributed by atoms with Gasteiger partial charge in [-0.15, -0.1) is 0 Å². The van der Waals surface area contributed by atoms with Gasteiger partial charge in [-0.25, -0.2) is 5.11 Å². The maximum Gasteiger partial charge on any atom is 0.100 e. The standard InChI is InChI=1S/C9H12O.C6H13O.C3H8O3/c1-2-10-8-9-6-4-3-5-7-9;1-2-3-4-5-6-7;4-1-3(6)2-5/h3-7H,2,8H2,1H3;2-6H2,1H3;3-6H,1-2H2. The normalized spacial score (nSPS) is 9.70. The Bertz CT molecular complexity index is 298. The molecule has 0 aromatic heterocycles. The minimum absolute atomic E-state index is 0.111. The van der Waals surface area contributed by atoms with Gasteiger partial charge in [0.25, 0.3) is 0 Å². The molecule has 0 aliphatic heterocycles. The molecule has 0 heterocycles. The van der Waals surface area contributed by atoms with Crippen LogP contribution in [-0.4, -0.2) is 47.9 Å². The van der Waals surface area contributed by atoms with Gasteiger partial charge in [0.15, 0.2) is 0 Å². The van der Waals surface area contributed by atoms with Crippen LogP contribution in [0, 0.1) is 0 Å². The van der Waals surface area contributed by atoms with Crippen LogP contribution < -0.4 is 0 Å². The van der Waals surface area contributed by atoms with Crippen LogP contribution in [-0.2, 0) is 16.5 Å². The first-order chi connectivity index (χ1) is 11.2. The summed E-state index contributed by atoms with van der Waals surface area (Å²) in [6.07, 6.45) is 3.49. The molecular formula is C18H33O5. The van der Waals surface area contributed by atoms with E-state index in [1.807, 2.05) is 25.1 Å². The van der Waals surface area contributed by atoms with Crippen molar-refractivity contribution >= 4 is 0 Å². The molecule has 0 aliphatic carbocycles. The van der Waals surface area contributed by atoms with E-state index in [-0.39, 0.29) is 19.8 Å². The minimum atomic E-state index is -0.954. The van der Waals surface area contributed by atoms with Gasteiger partial charge in [-0.2, -0.15) is 0 Å². The topological polar surface area (TPSA) is 89.8 Å². The number of ether oxygens (including phenoxy) is 1. The average Bonchev–Trinajstić information content (AvgIpc) is 2.61. The van der Waals surface area contributed by atoms with Crippen LogP contribution in [0.3, 0.4) is 0 Å². The number of hydrogen-bond donors (Lipinski definition) is 3. The van der Waals surface area contributed by atoms with E-state index in [1.165, 1.54) is 18.4 Å². The fraction of sp³-hybridized carbons (Fsp3) is 0.667. The largest absolute Gasteiger partial charge is 0.394 e. The van der Waals surface area contributed by atoms with Gasteiger partial charge in [0.2, 0.25) is 0 Å². The van der Waals surface area contributed by atoms with Crippen LogP contribution >= 0.6 is 0 Å². The SMILES string of the molecule is CCCCCC[O].CCOCc1ccccc1.OCC(O)CO. The summed E-state index contributed by atoms with van der Waals surface area (Å²) in [4.78, 5) is 0. The van der Waals surface area contributed by atoms with Crippen molar-refractivity contribution in [2.24, 2.45) is 0 Å². The summed E-state index contributed by atoms with van der Waals surface area (Å²) in [5, 5.41) is 33.8. The Hall–Kier alpha value is -0.980. The lowest BCUT2D eigenvalue weighted by atomic mass is 10.2.